The van der Waals surface area contributed by atoms with Gasteiger partial charge >= 0.3 is 0 Å². The van der Waals surface area contributed by atoms with E-state index in [1.807, 2.05) is 121 Å². The molecular formula is C29H22NOP. The van der Waals surface area contributed by atoms with E-state index in [1.54, 1.807) is 6.08 Å². The molecule has 0 aliphatic rings. The minimum atomic E-state index is -2.69. The number of carbonyl (C=O) groups is 1. The summed E-state index contributed by atoms with van der Waals surface area (Å²) in [4.78, 5) is 13.6. The Morgan fingerprint density at radius 1 is 0.625 bits per heavy atom. The highest BCUT2D eigenvalue weighted by atomic mass is 31.2. The van der Waals surface area contributed by atoms with Gasteiger partial charge in [-0.1, -0.05) is 127 Å². The first kappa shape index (κ1) is 21.3. The second kappa shape index (κ2) is 9.92. The van der Waals surface area contributed by atoms with Crippen molar-refractivity contribution in [2.45, 2.75) is 0 Å². The maximum Gasteiger partial charge on any atom is 0.197 e. The average Bonchev–Trinajstić information content (AvgIpc) is 2.88. The molecule has 0 unspecified atom stereocenters. The molecule has 3 heteroatoms. The zero-order chi connectivity index (χ0) is 22.2. The standard InChI is InChI=1S/C29H22NOP/c30-23-29(28(31)22-21-24-13-5-1-6-14-24)32(25-15-7-2-8-16-25,26-17-9-3-10-18-26)27-19-11-4-12-20-27/h1-22H/b22-21+. The fourth-order valence-electron chi connectivity index (χ4n) is 3.90. The van der Waals surface area contributed by atoms with E-state index in [0.717, 1.165) is 21.5 Å². The van der Waals surface area contributed by atoms with Gasteiger partial charge in [-0.3, -0.25) is 4.79 Å². The fourth-order valence-corrected chi connectivity index (χ4v) is 7.98. The molecule has 0 amide bonds. The Morgan fingerprint density at radius 2 is 1.00 bits per heavy atom. The summed E-state index contributed by atoms with van der Waals surface area (Å²) < 4.78 is 0. The summed E-state index contributed by atoms with van der Waals surface area (Å²) in [5.74, 6) is -0.263. The number of rotatable bonds is 6. The fraction of sp³-hybridized carbons (Fsp3) is 0. The molecule has 154 valence electrons. The lowest BCUT2D eigenvalue weighted by Crippen LogP contribution is -2.32. The van der Waals surface area contributed by atoms with Crippen LogP contribution in [0.1, 0.15) is 5.56 Å². The summed E-state index contributed by atoms with van der Waals surface area (Å²) in [5, 5.41) is 13.6. The molecule has 0 fully saturated rings. The summed E-state index contributed by atoms with van der Waals surface area (Å²) in [6.07, 6.45) is 3.30. The van der Waals surface area contributed by atoms with E-state index in [1.165, 1.54) is 6.08 Å². The van der Waals surface area contributed by atoms with Crippen LogP contribution in [0.3, 0.4) is 0 Å². The molecule has 32 heavy (non-hydrogen) atoms. The van der Waals surface area contributed by atoms with Crippen molar-refractivity contribution in [3.05, 3.63) is 133 Å². The van der Waals surface area contributed by atoms with Crippen LogP contribution in [0.2, 0.25) is 0 Å². The molecule has 0 atom stereocenters. The number of hydrogen-bond acceptors (Lipinski definition) is 2. The van der Waals surface area contributed by atoms with Crippen LogP contribution < -0.4 is 15.9 Å². The zero-order valence-electron chi connectivity index (χ0n) is 17.5. The molecule has 0 radical (unpaired) electrons. The lowest BCUT2D eigenvalue weighted by Gasteiger charge is -2.29. The van der Waals surface area contributed by atoms with Gasteiger partial charge in [-0.25, -0.2) is 0 Å². The highest BCUT2D eigenvalue weighted by molar-refractivity contribution is 7.97. The lowest BCUT2D eigenvalue weighted by atomic mass is 10.2. The maximum absolute atomic E-state index is 13.6. The van der Waals surface area contributed by atoms with Gasteiger partial charge in [0.25, 0.3) is 0 Å². The molecule has 0 aromatic heterocycles. The van der Waals surface area contributed by atoms with E-state index in [9.17, 15) is 10.1 Å². The molecule has 0 saturated heterocycles. The average molecular weight is 431 g/mol. The molecule has 2 nitrogen and oxygen atoms in total. The third kappa shape index (κ3) is 4.12. The minimum absolute atomic E-state index is 0.263. The lowest BCUT2D eigenvalue weighted by molar-refractivity contribution is -0.108. The number of allylic oxidation sites excluding steroid dienone is 1. The first-order valence-electron chi connectivity index (χ1n) is 10.4. The van der Waals surface area contributed by atoms with Crippen molar-refractivity contribution in [3.63, 3.8) is 0 Å². The smallest absolute Gasteiger partial charge is 0.197 e. The molecule has 0 aliphatic carbocycles. The van der Waals surface area contributed by atoms with E-state index < -0.39 is 6.89 Å². The van der Waals surface area contributed by atoms with Gasteiger partial charge in [0.2, 0.25) is 0 Å². The Hall–Kier alpha value is -3.92. The molecule has 0 spiro atoms. The Morgan fingerprint density at radius 3 is 1.38 bits per heavy atom. The van der Waals surface area contributed by atoms with E-state index in [4.69, 9.17) is 0 Å². The van der Waals surface area contributed by atoms with Crippen molar-refractivity contribution in [2.75, 3.05) is 0 Å². The SMILES string of the molecule is N#CC(C(=O)/C=C/c1ccccc1)=P(c1ccccc1)(c1ccccc1)c1ccccc1. The predicted octanol–water partition coefficient (Wildman–Crippen LogP) is 4.96. The molecule has 0 aliphatic heterocycles. The van der Waals surface area contributed by atoms with Crippen LogP contribution in [0.5, 0.6) is 0 Å². The van der Waals surface area contributed by atoms with Crippen LogP contribution in [-0.2, 0) is 4.79 Å². The van der Waals surface area contributed by atoms with Crippen molar-refractivity contribution in [2.24, 2.45) is 0 Å². The van der Waals surface area contributed by atoms with Gasteiger partial charge in [0, 0.05) is 0 Å². The van der Waals surface area contributed by atoms with Crippen molar-refractivity contribution in [1.29, 1.82) is 5.26 Å². The van der Waals surface area contributed by atoms with E-state index in [2.05, 4.69) is 6.07 Å². The Labute approximate surface area is 189 Å². The van der Waals surface area contributed by atoms with Gasteiger partial charge in [0.15, 0.2) is 5.78 Å². The van der Waals surface area contributed by atoms with Crippen molar-refractivity contribution in [3.8, 4) is 6.07 Å². The van der Waals surface area contributed by atoms with Gasteiger partial charge in [-0.05, 0) is 34.4 Å². The predicted molar refractivity (Wildman–Crippen MR) is 136 cm³/mol. The Bertz CT molecular complexity index is 1220. The maximum atomic E-state index is 13.6. The third-order valence-corrected chi connectivity index (χ3v) is 9.54. The van der Waals surface area contributed by atoms with Gasteiger partial charge in [0.1, 0.15) is 11.4 Å². The second-order valence-corrected chi connectivity index (χ2v) is 10.6. The number of nitrogens with zero attached hydrogens (tertiary/aromatic N) is 1. The summed E-state index contributed by atoms with van der Waals surface area (Å²) in [7, 11) is 0. The van der Waals surface area contributed by atoms with Gasteiger partial charge in [-0.15, -0.1) is 0 Å². The normalized spacial score (nSPS) is 11.1. The van der Waals surface area contributed by atoms with E-state index in [-0.39, 0.29) is 11.1 Å². The van der Waals surface area contributed by atoms with Gasteiger partial charge in [0.05, 0.1) is 0 Å². The van der Waals surface area contributed by atoms with E-state index in [0.29, 0.717) is 0 Å². The van der Waals surface area contributed by atoms with Crippen LogP contribution in [0.15, 0.2) is 127 Å². The highest BCUT2D eigenvalue weighted by Crippen LogP contribution is 2.46. The number of benzene rings is 4. The number of ketones is 1. The first-order valence-corrected chi connectivity index (χ1v) is 12.2. The summed E-state index contributed by atoms with van der Waals surface area (Å²) in [6, 6.07) is 41.8. The summed E-state index contributed by atoms with van der Waals surface area (Å²) in [6.45, 7) is -2.69. The Kier molecular flexibility index (Phi) is 6.61. The van der Waals surface area contributed by atoms with Crippen LogP contribution in [-0.4, -0.2) is 11.1 Å². The number of nitriles is 1. The summed E-state index contributed by atoms with van der Waals surface area (Å²) >= 11 is 0. The molecule has 4 rings (SSSR count). The number of hydrogen-bond donors (Lipinski definition) is 0. The molecule has 4 aromatic carbocycles. The first-order chi connectivity index (χ1) is 15.8. The molecule has 0 bridgehead atoms. The highest BCUT2D eigenvalue weighted by Gasteiger charge is 2.32. The second-order valence-electron chi connectivity index (χ2n) is 7.25. The van der Waals surface area contributed by atoms with Crippen LogP contribution in [0.4, 0.5) is 0 Å². The zero-order valence-corrected chi connectivity index (χ0v) is 18.4. The van der Waals surface area contributed by atoms with Crippen molar-refractivity contribution >= 4 is 40.0 Å². The van der Waals surface area contributed by atoms with Crippen LogP contribution in [0.25, 0.3) is 6.08 Å². The van der Waals surface area contributed by atoms with Gasteiger partial charge < -0.3 is 0 Å². The van der Waals surface area contributed by atoms with Crippen LogP contribution >= 0.6 is 6.89 Å². The van der Waals surface area contributed by atoms with Gasteiger partial charge in [-0.2, -0.15) is 5.26 Å². The number of carbonyl (C=O) groups excluding carboxylic acids is 1. The Balaban J connectivity index is 2.08. The monoisotopic (exact) mass is 431 g/mol. The van der Waals surface area contributed by atoms with Crippen molar-refractivity contribution < 1.29 is 4.79 Å². The molecule has 0 N–H and O–H groups in total. The van der Waals surface area contributed by atoms with Crippen LogP contribution in [0, 0.1) is 11.3 Å². The summed E-state index contributed by atoms with van der Waals surface area (Å²) in [5.41, 5.74) is 0.918. The molecular weight excluding hydrogens is 409 g/mol. The van der Waals surface area contributed by atoms with Crippen molar-refractivity contribution in [1.82, 2.24) is 0 Å². The largest absolute Gasteiger partial charge is 0.288 e. The molecule has 0 saturated carbocycles. The topological polar surface area (TPSA) is 40.9 Å². The quantitative estimate of drug-likeness (QED) is 0.320. The van der Waals surface area contributed by atoms with E-state index >= 15 is 0 Å². The minimum Gasteiger partial charge on any atom is -0.288 e. The third-order valence-electron chi connectivity index (χ3n) is 5.33. The molecule has 4 aromatic rings. The molecule has 0 heterocycles.